The predicted molar refractivity (Wildman–Crippen MR) is 121 cm³/mol. The Morgan fingerprint density at radius 2 is 1.56 bits per heavy atom. The number of carbonyl (C=O) groups excluding carboxylic acids is 2. The highest BCUT2D eigenvalue weighted by molar-refractivity contribution is 7.14. The lowest BCUT2D eigenvalue weighted by molar-refractivity contribution is -0.115. The minimum Gasteiger partial charge on any atom is -0.495 e. The number of nitrogens with zero attached hydrogens (tertiary/aromatic N) is 1. The molecule has 0 saturated carbocycles. The Morgan fingerprint density at radius 3 is 2.19 bits per heavy atom. The van der Waals surface area contributed by atoms with E-state index in [1.54, 1.807) is 35.7 Å². The number of anilines is 2. The van der Waals surface area contributed by atoms with E-state index in [4.69, 9.17) is 18.9 Å². The zero-order valence-corrected chi connectivity index (χ0v) is 18.9. The van der Waals surface area contributed by atoms with Crippen molar-refractivity contribution in [1.29, 1.82) is 0 Å². The molecule has 0 radical (unpaired) electrons. The fraction of sp³-hybridized carbons (Fsp3) is 0.227. The molecule has 0 aliphatic heterocycles. The second kappa shape index (κ2) is 10.5. The van der Waals surface area contributed by atoms with Crippen molar-refractivity contribution >= 4 is 34.0 Å². The van der Waals surface area contributed by atoms with Crippen LogP contribution in [0.3, 0.4) is 0 Å². The topological polar surface area (TPSA) is 108 Å². The van der Waals surface area contributed by atoms with Gasteiger partial charge < -0.3 is 24.3 Å². The number of rotatable bonds is 9. The van der Waals surface area contributed by atoms with Gasteiger partial charge in [0.1, 0.15) is 5.75 Å². The van der Waals surface area contributed by atoms with Gasteiger partial charge in [-0.15, -0.1) is 11.3 Å². The number of hydrogen-bond donors (Lipinski definition) is 2. The molecule has 0 saturated heterocycles. The smallest absolute Gasteiger partial charge is 0.257 e. The van der Waals surface area contributed by atoms with E-state index in [0.717, 1.165) is 0 Å². The van der Waals surface area contributed by atoms with Crippen molar-refractivity contribution in [3.8, 4) is 23.0 Å². The molecule has 0 aliphatic rings. The van der Waals surface area contributed by atoms with Gasteiger partial charge >= 0.3 is 0 Å². The van der Waals surface area contributed by atoms with Gasteiger partial charge in [0.05, 0.1) is 46.2 Å². The molecule has 0 bridgehead atoms. The van der Waals surface area contributed by atoms with Crippen LogP contribution in [0.25, 0.3) is 0 Å². The fourth-order valence-corrected chi connectivity index (χ4v) is 3.64. The zero-order valence-electron chi connectivity index (χ0n) is 18.1. The lowest BCUT2D eigenvalue weighted by atomic mass is 10.1. The number of methoxy groups -OCH3 is 4. The van der Waals surface area contributed by atoms with Crippen molar-refractivity contribution in [1.82, 2.24) is 4.98 Å². The summed E-state index contributed by atoms with van der Waals surface area (Å²) >= 11 is 1.22. The van der Waals surface area contributed by atoms with Crippen LogP contribution in [0.2, 0.25) is 0 Å². The molecule has 0 aliphatic carbocycles. The third-order valence-electron chi connectivity index (χ3n) is 4.42. The van der Waals surface area contributed by atoms with E-state index >= 15 is 0 Å². The molecule has 3 rings (SSSR count). The number of hydrogen-bond acceptors (Lipinski definition) is 8. The molecule has 9 nitrogen and oxygen atoms in total. The average Bonchev–Trinajstić information content (AvgIpc) is 3.24. The number of nitrogens with one attached hydrogen (secondary N) is 2. The number of thiazole rings is 1. The second-order valence-corrected chi connectivity index (χ2v) is 7.30. The highest BCUT2D eigenvalue weighted by atomic mass is 32.1. The lowest BCUT2D eigenvalue weighted by Crippen LogP contribution is -2.15. The Balaban J connectivity index is 1.67. The van der Waals surface area contributed by atoms with Crippen LogP contribution >= 0.6 is 11.3 Å². The van der Waals surface area contributed by atoms with Crippen LogP contribution in [0, 0.1) is 0 Å². The number of ether oxygens (including phenoxy) is 4. The lowest BCUT2D eigenvalue weighted by Gasteiger charge is -2.13. The monoisotopic (exact) mass is 457 g/mol. The van der Waals surface area contributed by atoms with E-state index in [2.05, 4.69) is 15.6 Å². The maximum Gasteiger partial charge on any atom is 0.257 e. The molecule has 0 atom stereocenters. The van der Waals surface area contributed by atoms with Gasteiger partial charge in [-0.25, -0.2) is 4.98 Å². The first-order valence-corrected chi connectivity index (χ1v) is 10.4. The molecule has 32 heavy (non-hydrogen) atoms. The summed E-state index contributed by atoms with van der Waals surface area (Å²) in [6.07, 6.45) is 0.0502. The van der Waals surface area contributed by atoms with Gasteiger partial charge in [-0.3, -0.25) is 14.9 Å². The summed E-state index contributed by atoms with van der Waals surface area (Å²) in [5, 5.41) is 7.60. The van der Waals surface area contributed by atoms with Crippen molar-refractivity contribution < 1.29 is 28.5 Å². The minimum atomic E-state index is -0.399. The Labute approximate surface area is 189 Å². The normalized spacial score (nSPS) is 10.2. The minimum absolute atomic E-state index is 0.0502. The molecule has 0 fully saturated rings. The molecule has 1 aromatic heterocycles. The maximum atomic E-state index is 12.7. The molecule has 10 heteroatoms. The van der Waals surface area contributed by atoms with E-state index in [9.17, 15) is 9.59 Å². The SMILES string of the molecule is COc1ccccc1NC(=O)Cc1csc(NC(=O)c2cc(OC)c(OC)c(OC)c2)n1. The van der Waals surface area contributed by atoms with Gasteiger partial charge in [-0.2, -0.15) is 0 Å². The molecule has 0 spiro atoms. The molecular formula is C22H23N3O6S. The van der Waals surface area contributed by atoms with Crippen LogP contribution in [0.4, 0.5) is 10.8 Å². The summed E-state index contributed by atoms with van der Waals surface area (Å²) in [6.45, 7) is 0. The van der Waals surface area contributed by atoms with E-state index in [1.807, 2.05) is 6.07 Å². The number of aromatic nitrogens is 1. The first-order valence-electron chi connectivity index (χ1n) is 9.47. The summed E-state index contributed by atoms with van der Waals surface area (Å²) in [5.74, 6) is 1.04. The number of carbonyl (C=O) groups is 2. The van der Waals surface area contributed by atoms with Crippen molar-refractivity contribution in [3.63, 3.8) is 0 Å². The molecule has 2 N–H and O–H groups in total. The highest BCUT2D eigenvalue weighted by Crippen LogP contribution is 2.38. The van der Waals surface area contributed by atoms with E-state index in [1.165, 1.54) is 39.8 Å². The van der Waals surface area contributed by atoms with E-state index < -0.39 is 5.91 Å². The van der Waals surface area contributed by atoms with Crippen molar-refractivity contribution in [3.05, 3.63) is 53.0 Å². The first kappa shape index (κ1) is 22.9. The van der Waals surface area contributed by atoms with Crippen LogP contribution in [0.5, 0.6) is 23.0 Å². The summed E-state index contributed by atoms with van der Waals surface area (Å²) in [7, 11) is 5.97. The molecule has 0 unspecified atom stereocenters. The Bertz CT molecular complexity index is 1090. The maximum absolute atomic E-state index is 12.7. The summed E-state index contributed by atoms with van der Waals surface area (Å²) in [5.41, 5.74) is 1.42. The summed E-state index contributed by atoms with van der Waals surface area (Å²) in [4.78, 5) is 29.4. The van der Waals surface area contributed by atoms with Gasteiger partial charge in [-0.05, 0) is 24.3 Å². The summed E-state index contributed by atoms with van der Waals surface area (Å²) < 4.78 is 21.1. The zero-order chi connectivity index (χ0) is 23.1. The van der Waals surface area contributed by atoms with Crippen LogP contribution in [-0.2, 0) is 11.2 Å². The molecule has 3 aromatic rings. The Hall–Kier alpha value is -3.79. The largest absolute Gasteiger partial charge is 0.495 e. The Morgan fingerprint density at radius 1 is 0.906 bits per heavy atom. The summed E-state index contributed by atoms with van der Waals surface area (Å²) in [6, 6.07) is 10.2. The highest BCUT2D eigenvalue weighted by Gasteiger charge is 2.18. The van der Waals surface area contributed by atoms with Gasteiger partial charge in [0.2, 0.25) is 11.7 Å². The van der Waals surface area contributed by atoms with Crippen LogP contribution in [0.1, 0.15) is 16.1 Å². The van der Waals surface area contributed by atoms with Crippen molar-refractivity contribution in [2.24, 2.45) is 0 Å². The molecule has 1 heterocycles. The van der Waals surface area contributed by atoms with Gasteiger partial charge in [-0.1, -0.05) is 12.1 Å². The average molecular weight is 458 g/mol. The second-order valence-electron chi connectivity index (χ2n) is 6.44. The third-order valence-corrected chi connectivity index (χ3v) is 5.23. The van der Waals surface area contributed by atoms with E-state index in [0.29, 0.717) is 45.1 Å². The predicted octanol–water partition coefficient (Wildman–Crippen LogP) is 3.61. The quantitative estimate of drug-likeness (QED) is 0.505. The number of para-hydroxylation sites is 2. The number of amides is 2. The van der Waals surface area contributed by atoms with Crippen LogP contribution < -0.4 is 29.6 Å². The number of benzene rings is 2. The van der Waals surface area contributed by atoms with Gasteiger partial charge in [0.15, 0.2) is 16.6 Å². The van der Waals surface area contributed by atoms with Crippen LogP contribution in [0.15, 0.2) is 41.8 Å². The molecular weight excluding hydrogens is 434 g/mol. The van der Waals surface area contributed by atoms with Gasteiger partial charge in [0, 0.05) is 10.9 Å². The molecule has 168 valence electrons. The third kappa shape index (κ3) is 5.27. The standard InChI is InChI=1S/C22H23N3O6S/c1-28-16-8-6-5-7-15(16)24-19(26)11-14-12-32-22(23-14)25-21(27)13-9-17(29-2)20(31-4)18(10-13)30-3/h5-10,12H,11H2,1-4H3,(H,24,26)(H,23,25,27). The van der Waals surface area contributed by atoms with Gasteiger partial charge in [0.25, 0.3) is 5.91 Å². The van der Waals surface area contributed by atoms with Crippen molar-refractivity contribution in [2.45, 2.75) is 6.42 Å². The molecule has 2 amide bonds. The van der Waals surface area contributed by atoms with E-state index in [-0.39, 0.29) is 12.3 Å². The molecule has 2 aromatic carbocycles. The van der Waals surface area contributed by atoms with Crippen molar-refractivity contribution in [2.75, 3.05) is 39.1 Å². The fourth-order valence-electron chi connectivity index (χ4n) is 2.93. The van der Waals surface area contributed by atoms with Crippen LogP contribution in [-0.4, -0.2) is 45.2 Å². The first-order chi connectivity index (χ1) is 15.5. The Kier molecular flexibility index (Phi) is 7.50.